The highest BCUT2D eigenvalue weighted by Gasteiger charge is 2.27. The molecule has 3 N–H and O–H groups in total. The van der Waals surface area contributed by atoms with E-state index in [2.05, 4.69) is 5.32 Å². The molecule has 1 aromatic rings. The molecule has 1 heterocycles. The number of carbonyl (C=O) groups is 1. The lowest BCUT2D eigenvalue weighted by Gasteiger charge is -2.23. The highest BCUT2D eigenvalue weighted by Crippen LogP contribution is 2.23. The molecule has 1 amide bonds. The molecule has 0 bridgehead atoms. The van der Waals surface area contributed by atoms with E-state index in [0.717, 1.165) is 17.7 Å². The molecule has 4 nitrogen and oxygen atoms in total. The summed E-state index contributed by atoms with van der Waals surface area (Å²) in [7, 11) is 0. The number of nitrogens with two attached hydrogens (primary N) is 1. The van der Waals surface area contributed by atoms with Gasteiger partial charge in [-0.05, 0) is 36.6 Å². The first-order chi connectivity index (χ1) is 8.53. The van der Waals surface area contributed by atoms with Crippen molar-refractivity contribution in [3.8, 4) is 0 Å². The van der Waals surface area contributed by atoms with Gasteiger partial charge in [0, 0.05) is 5.69 Å². The summed E-state index contributed by atoms with van der Waals surface area (Å²) in [5, 5.41) is 2.88. The van der Waals surface area contributed by atoms with Crippen molar-refractivity contribution < 1.29 is 9.53 Å². The van der Waals surface area contributed by atoms with Crippen LogP contribution in [0.4, 0.5) is 5.69 Å². The van der Waals surface area contributed by atoms with Crippen molar-refractivity contribution in [3.05, 3.63) is 29.3 Å². The summed E-state index contributed by atoms with van der Waals surface area (Å²) in [5.74, 6) is -0.136. The Morgan fingerprint density at radius 2 is 2.11 bits per heavy atom. The van der Waals surface area contributed by atoms with E-state index in [1.54, 1.807) is 6.92 Å². The monoisotopic (exact) mass is 284 g/mol. The van der Waals surface area contributed by atoms with Crippen LogP contribution in [0.15, 0.2) is 18.2 Å². The van der Waals surface area contributed by atoms with Crippen molar-refractivity contribution in [1.82, 2.24) is 0 Å². The van der Waals surface area contributed by atoms with E-state index >= 15 is 0 Å². The summed E-state index contributed by atoms with van der Waals surface area (Å²) in [4.78, 5) is 12.1. The highest BCUT2D eigenvalue weighted by atomic mass is 35.5. The molecule has 19 heavy (non-hydrogen) atoms. The first kappa shape index (κ1) is 16.0. The molecule has 0 spiro atoms. The molecular formula is C14H21ClN2O2. The van der Waals surface area contributed by atoms with Crippen molar-refractivity contribution in [2.24, 2.45) is 5.73 Å². The van der Waals surface area contributed by atoms with Gasteiger partial charge in [0.15, 0.2) is 0 Å². The van der Waals surface area contributed by atoms with E-state index in [0.29, 0.717) is 19.6 Å². The molecule has 0 fully saturated rings. The Bertz CT molecular complexity index is 461. The third-order valence-corrected chi connectivity index (χ3v) is 3.27. The van der Waals surface area contributed by atoms with Crippen LogP contribution < -0.4 is 11.1 Å². The SMILES string of the molecule is CCCC(C)(N)C(=O)Nc1ccc2c(c1)COC2.Cl. The number of rotatable bonds is 4. The number of anilines is 1. The van der Waals surface area contributed by atoms with Crippen molar-refractivity contribution in [1.29, 1.82) is 0 Å². The van der Waals surface area contributed by atoms with Crippen LogP contribution in [0.5, 0.6) is 0 Å². The topological polar surface area (TPSA) is 64.4 Å². The highest BCUT2D eigenvalue weighted by molar-refractivity contribution is 5.97. The van der Waals surface area contributed by atoms with Gasteiger partial charge in [0.1, 0.15) is 0 Å². The summed E-state index contributed by atoms with van der Waals surface area (Å²) in [5.41, 5.74) is 8.30. The van der Waals surface area contributed by atoms with Crippen LogP contribution in [0.3, 0.4) is 0 Å². The molecule has 1 atom stereocenters. The van der Waals surface area contributed by atoms with Crippen molar-refractivity contribution in [2.45, 2.75) is 45.4 Å². The molecule has 0 radical (unpaired) electrons. The maximum Gasteiger partial charge on any atom is 0.244 e. The molecule has 1 aliphatic rings. The molecule has 1 unspecified atom stereocenters. The molecule has 0 saturated carbocycles. The van der Waals surface area contributed by atoms with Gasteiger partial charge in [-0.25, -0.2) is 0 Å². The van der Waals surface area contributed by atoms with Gasteiger partial charge in [-0.3, -0.25) is 4.79 Å². The van der Waals surface area contributed by atoms with E-state index in [-0.39, 0.29) is 18.3 Å². The van der Waals surface area contributed by atoms with Crippen molar-refractivity contribution >= 4 is 24.0 Å². The number of nitrogens with one attached hydrogen (secondary N) is 1. The summed E-state index contributed by atoms with van der Waals surface area (Å²) in [6.45, 7) is 5.06. The fourth-order valence-corrected chi connectivity index (χ4v) is 2.16. The van der Waals surface area contributed by atoms with Gasteiger partial charge in [-0.15, -0.1) is 12.4 Å². The zero-order chi connectivity index (χ0) is 13.2. The number of fused-ring (bicyclic) bond motifs is 1. The molecule has 0 aromatic heterocycles. The largest absolute Gasteiger partial charge is 0.372 e. The Kier molecular flexibility index (Phi) is 5.35. The number of hydrogen-bond acceptors (Lipinski definition) is 3. The Balaban J connectivity index is 0.00000180. The van der Waals surface area contributed by atoms with E-state index in [9.17, 15) is 4.79 Å². The average molecular weight is 285 g/mol. The van der Waals surface area contributed by atoms with Gasteiger partial charge >= 0.3 is 0 Å². The maximum absolute atomic E-state index is 12.1. The summed E-state index contributed by atoms with van der Waals surface area (Å²) < 4.78 is 5.34. The molecule has 5 heteroatoms. The van der Waals surface area contributed by atoms with Crippen LogP contribution >= 0.6 is 12.4 Å². The van der Waals surface area contributed by atoms with Crippen molar-refractivity contribution in [2.75, 3.05) is 5.32 Å². The molecule has 2 rings (SSSR count). The zero-order valence-corrected chi connectivity index (χ0v) is 12.2. The minimum atomic E-state index is -0.815. The van der Waals surface area contributed by atoms with E-state index in [4.69, 9.17) is 10.5 Å². The summed E-state index contributed by atoms with van der Waals surface area (Å²) >= 11 is 0. The van der Waals surface area contributed by atoms with Crippen LogP contribution in [0.2, 0.25) is 0 Å². The third kappa shape index (κ3) is 3.69. The second-order valence-corrected chi connectivity index (χ2v) is 5.10. The van der Waals surface area contributed by atoms with Crippen LogP contribution in [-0.4, -0.2) is 11.4 Å². The van der Waals surface area contributed by atoms with Gasteiger partial charge in [-0.2, -0.15) is 0 Å². The van der Waals surface area contributed by atoms with Crippen molar-refractivity contribution in [3.63, 3.8) is 0 Å². The molecular weight excluding hydrogens is 264 g/mol. The van der Waals surface area contributed by atoms with Gasteiger partial charge in [-0.1, -0.05) is 19.4 Å². The fraction of sp³-hybridized carbons (Fsp3) is 0.500. The van der Waals surface area contributed by atoms with Gasteiger partial charge in [0.05, 0.1) is 18.8 Å². The maximum atomic E-state index is 12.1. The van der Waals surface area contributed by atoms with Gasteiger partial charge in [0.2, 0.25) is 5.91 Å². The average Bonchev–Trinajstić information content (AvgIpc) is 2.76. The van der Waals surface area contributed by atoms with Gasteiger partial charge < -0.3 is 15.8 Å². The van der Waals surface area contributed by atoms with E-state index in [1.807, 2.05) is 25.1 Å². The summed E-state index contributed by atoms with van der Waals surface area (Å²) in [6.07, 6.45) is 1.56. The quantitative estimate of drug-likeness (QED) is 0.893. The van der Waals surface area contributed by atoms with Crippen LogP contribution in [0.1, 0.15) is 37.8 Å². The predicted molar refractivity (Wildman–Crippen MR) is 78.3 cm³/mol. The van der Waals surface area contributed by atoms with E-state index < -0.39 is 5.54 Å². The Labute approximate surface area is 120 Å². The number of carbonyl (C=O) groups excluding carboxylic acids is 1. The smallest absolute Gasteiger partial charge is 0.244 e. The molecule has 1 aromatic carbocycles. The number of ether oxygens (including phenoxy) is 1. The molecule has 0 aliphatic carbocycles. The molecule has 1 aliphatic heterocycles. The van der Waals surface area contributed by atoms with Gasteiger partial charge in [0.25, 0.3) is 0 Å². The summed E-state index contributed by atoms with van der Waals surface area (Å²) in [6, 6.07) is 5.85. The Hall–Kier alpha value is -1.10. The third-order valence-electron chi connectivity index (χ3n) is 3.27. The first-order valence-corrected chi connectivity index (χ1v) is 6.33. The zero-order valence-electron chi connectivity index (χ0n) is 11.4. The Morgan fingerprint density at radius 3 is 2.79 bits per heavy atom. The number of hydrogen-bond donors (Lipinski definition) is 2. The lowest BCUT2D eigenvalue weighted by Crippen LogP contribution is -2.48. The first-order valence-electron chi connectivity index (χ1n) is 6.33. The van der Waals surface area contributed by atoms with Crippen LogP contribution in [0.25, 0.3) is 0 Å². The minimum absolute atomic E-state index is 0. The normalized spacial score (nSPS) is 16.2. The van der Waals surface area contributed by atoms with Crippen LogP contribution in [0, 0.1) is 0 Å². The minimum Gasteiger partial charge on any atom is -0.372 e. The standard InChI is InChI=1S/C14H20N2O2.ClH/c1-3-6-14(2,15)13(17)16-12-5-4-10-8-18-9-11(10)7-12;/h4-5,7H,3,6,8-9,15H2,1-2H3,(H,16,17);1H. The van der Waals surface area contributed by atoms with E-state index in [1.165, 1.54) is 5.56 Å². The predicted octanol–water partition coefficient (Wildman–Crippen LogP) is 2.59. The number of halogens is 1. The van der Waals surface area contributed by atoms with Crippen LogP contribution in [-0.2, 0) is 22.7 Å². The number of amides is 1. The molecule has 0 saturated heterocycles. The number of benzene rings is 1. The molecule has 106 valence electrons. The second-order valence-electron chi connectivity index (χ2n) is 5.10. The lowest BCUT2D eigenvalue weighted by atomic mass is 9.96. The lowest BCUT2D eigenvalue weighted by molar-refractivity contribution is -0.120. The second kappa shape index (κ2) is 6.37. The Morgan fingerprint density at radius 1 is 1.42 bits per heavy atom. The fourth-order valence-electron chi connectivity index (χ4n) is 2.16.